The van der Waals surface area contributed by atoms with Crippen LogP contribution in [0.4, 0.5) is 11.4 Å². The average molecular weight is 274 g/mol. The van der Waals surface area contributed by atoms with Gasteiger partial charge in [-0.3, -0.25) is 9.78 Å². The molecule has 6 nitrogen and oxygen atoms in total. The Hall–Kier alpha value is -2.34. The molecular formula is C14H18N4O2. The molecule has 0 radical (unpaired) electrons. The number of benzene rings is 1. The first-order chi connectivity index (χ1) is 9.70. The van der Waals surface area contributed by atoms with E-state index in [4.69, 9.17) is 10.5 Å². The Labute approximate surface area is 117 Å². The Bertz CT molecular complexity index is 601. The Morgan fingerprint density at radius 2 is 2.25 bits per heavy atom. The van der Waals surface area contributed by atoms with Crippen LogP contribution in [0.5, 0.6) is 0 Å². The molecule has 0 aliphatic heterocycles. The van der Waals surface area contributed by atoms with E-state index >= 15 is 0 Å². The summed E-state index contributed by atoms with van der Waals surface area (Å²) in [6, 6.07) is 7.34. The molecule has 0 saturated carbocycles. The van der Waals surface area contributed by atoms with Crippen molar-refractivity contribution >= 4 is 28.2 Å². The zero-order valence-electron chi connectivity index (χ0n) is 11.3. The summed E-state index contributed by atoms with van der Waals surface area (Å²) in [7, 11) is 1.60. The van der Waals surface area contributed by atoms with Crippen LogP contribution >= 0.6 is 0 Å². The van der Waals surface area contributed by atoms with Gasteiger partial charge in [-0.25, -0.2) is 0 Å². The minimum Gasteiger partial charge on any atom is -0.399 e. The van der Waals surface area contributed by atoms with Gasteiger partial charge in [0.05, 0.1) is 18.7 Å². The number of carbonyl (C=O) groups is 1. The molecule has 1 amide bonds. The van der Waals surface area contributed by atoms with Crippen LogP contribution in [-0.2, 0) is 9.53 Å². The van der Waals surface area contributed by atoms with Gasteiger partial charge >= 0.3 is 0 Å². The van der Waals surface area contributed by atoms with E-state index in [1.807, 2.05) is 18.2 Å². The molecule has 106 valence electrons. The maximum Gasteiger partial charge on any atom is 0.239 e. The van der Waals surface area contributed by atoms with E-state index in [9.17, 15) is 4.79 Å². The molecule has 0 fully saturated rings. The number of rotatable bonds is 6. The van der Waals surface area contributed by atoms with E-state index in [1.54, 1.807) is 19.4 Å². The lowest BCUT2D eigenvalue weighted by molar-refractivity contribution is -0.119. The van der Waals surface area contributed by atoms with Crippen molar-refractivity contribution in [1.29, 1.82) is 0 Å². The van der Waals surface area contributed by atoms with E-state index in [-0.39, 0.29) is 12.5 Å². The Morgan fingerprint density at radius 1 is 1.40 bits per heavy atom. The van der Waals surface area contributed by atoms with Crippen molar-refractivity contribution in [2.24, 2.45) is 0 Å². The zero-order valence-corrected chi connectivity index (χ0v) is 11.3. The first kappa shape index (κ1) is 14.1. The lowest BCUT2D eigenvalue weighted by Crippen LogP contribution is -2.32. The second kappa shape index (κ2) is 6.72. The number of nitrogen functional groups attached to an aromatic ring is 1. The monoisotopic (exact) mass is 274 g/mol. The lowest BCUT2D eigenvalue weighted by Gasteiger charge is -2.10. The second-order valence-electron chi connectivity index (χ2n) is 4.33. The van der Waals surface area contributed by atoms with E-state index < -0.39 is 0 Å². The number of nitrogens with one attached hydrogen (secondary N) is 2. The number of fused-ring (bicyclic) bond motifs is 1. The molecule has 4 N–H and O–H groups in total. The third kappa shape index (κ3) is 3.58. The van der Waals surface area contributed by atoms with Crippen LogP contribution in [0.25, 0.3) is 10.9 Å². The molecule has 2 aromatic rings. The summed E-state index contributed by atoms with van der Waals surface area (Å²) < 4.78 is 4.87. The number of amides is 1. The minimum atomic E-state index is -0.0811. The summed E-state index contributed by atoms with van der Waals surface area (Å²) in [6.07, 6.45) is 1.69. The van der Waals surface area contributed by atoms with Crippen molar-refractivity contribution in [1.82, 2.24) is 10.3 Å². The SMILES string of the molecule is COCCNC(=O)CNc1ccnc2cc(N)ccc12. The number of aromatic nitrogens is 1. The minimum absolute atomic E-state index is 0.0811. The highest BCUT2D eigenvalue weighted by molar-refractivity contribution is 5.94. The number of hydrogen-bond acceptors (Lipinski definition) is 5. The summed E-state index contributed by atoms with van der Waals surface area (Å²) in [6.45, 7) is 1.21. The van der Waals surface area contributed by atoms with Gasteiger partial charge in [-0.15, -0.1) is 0 Å². The standard InChI is InChI=1S/C14H18N4O2/c1-20-7-6-17-14(19)9-18-12-4-5-16-13-8-10(15)2-3-11(12)13/h2-5,8H,6-7,9,15H2,1H3,(H,16,18)(H,17,19). The van der Waals surface area contributed by atoms with Crippen molar-refractivity contribution in [3.8, 4) is 0 Å². The first-order valence-corrected chi connectivity index (χ1v) is 6.34. The molecule has 0 aliphatic rings. The van der Waals surface area contributed by atoms with Crippen molar-refractivity contribution in [3.05, 3.63) is 30.5 Å². The van der Waals surface area contributed by atoms with Gasteiger partial charge in [0.15, 0.2) is 0 Å². The largest absolute Gasteiger partial charge is 0.399 e. The first-order valence-electron chi connectivity index (χ1n) is 6.34. The van der Waals surface area contributed by atoms with Gasteiger partial charge in [0.2, 0.25) is 5.91 Å². The summed E-state index contributed by atoms with van der Waals surface area (Å²) in [5.41, 5.74) is 8.05. The van der Waals surface area contributed by atoms with Gasteiger partial charge in [-0.2, -0.15) is 0 Å². The van der Waals surface area contributed by atoms with Gasteiger partial charge in [-0.05, 0) is 24.3 Å². The smallest absolute Gasteiger partial charge is 0.239 e. The second-order valence-corrected chi connectivity index (χ2v) is 4.33. The van der Waals surface area contributed by atoms with Crippen LogP contribution in [0.3, 0.4) is 0 Å². The Balaban J connectivity index is 2.01. The van der Waals surface area contributed by atoms with Gasteiger partial charge in [0.25, 0.3) is 0 Å². The molecular weight excluding hydrogens is 256 g/mol. The summed E-state index contributed by atoms with van der Waals surface area (Å²) >= 11 is 0. The molecule has 1 heterocycles. The molecule has 0 bridgehead atoms. The predicted molar refractivity (Wildman–Crippen MR) is 79.5 cm³/mol. The maximum absolute atomic E-state index is 11.6. The molecule has 0 unspecified atom stereocenters. The predicted octanol–water partition coefficient (Wildman–Crippen LogP) is 0.991. The maximum atomic E-state index is 11.6. The molecule has 0 spiro atoms. The fraction of sp³-hybridized carbons (Fsp3) is 0.286. The third-order valence-electron chi connectivity index (χ3n) is 2.83. The van der Waals surface area contributed by atoms with E-state index in [0.29, 0.717) is 18.8 Å². The highest BCUT2D eigenvalue weighted by atomic mass is 16.5. The molecule has 1 aromatic heterocycles. The molecule has 0 atom stereocenters. The summed E-state index contributed by atoms with van der Waals surface area (Å²) in [5, 5.41) is 6.79. The van der Waals surface area contributed by atoms with Crippen LogP contribution < -0.4 is 16.4 Å². The number of anilines is 2. The van der Waals surface area contributed by atoms with Gasteiger partial charge in [0.1, 0.15) is 0 Å². The van der Waals surface area contributed by atoms with E-state index in [1.165, 1.54) is 0 Å². The molecule has 0 aliphatic carbocycles. The van der Waals surface area contributed by atoms with Gasteiger partial charge in [0, 0.05) is 36.6 Å². The fourth-order valence-electron chi connectivity index (χ4n) is 1.85. The van der Waals surface area contributed by atoms with Crippen molar-refractivity contribution in [2.45, 2.75) is 0 Å². The molecule has 2 rings (SSSR count). The number of hydrogen-bond donors (Lipinski definition) is 3. The quantitative estimate of drug-likeness (QED) is 0.540. The van der Waals surface area contributed by atoms with Crippen molar-refractivity contribution in [3.63, 3.8) is 0 Å². The summed E-state index contributed by atoms with van der Waals surface area (Å²) in [5.74, 6) is -0.0811. The van der Waals surface area contributed by atoms with Crippen LogP contribution in [0, 0.1) is 0 Å². The summed E-state index contributed by atoms with van der Waals surface area (Å²) in [4.78, 5) is 15.9. The normalized spacial score (nSPS) is 10.4. The van der Waals surface area contributed by atoms with Gasteiger partial charge < -0.3 is 21.1 Å². The number of nitrogens with two attached hydrogens (primary N) is 1. The highest BCUT2D eigenvalue weighted by Gasteiger charge is 2.04. The zero-order chi connectivity index (χ0) is 14.4. The van der Waals surface area contributed by atoms with E-state index in [2.05, 4.69) is 15.6 Å². The van der Waals surface area contributed by atoms with Gasteiger partial charge in [-0.1, -0.05) is 0 Å². The number of ether oxygens (including phenoxy) is 1. The lowest BCUT2D eigenvalue weighted by atomic mass is 10.1. The highest BCUT2D eigenvalue weighted by Crippen LogP contribution is 2.22. The third-order valence-corrected chi connectivity index (χ3v) is 2.83. The average Bonchev–Trinajstić information content (AvgIpc) is 2.45. The molecule has 20 heavy (non-hydrogen) atoms. The number of nitrogens with zero attached hydrogens (tertiary/aromatic N) is 1. The topological polar surface area (TPSA) is 89.3 Å². The number of carbonyl (C=O) groups excluding carboxylic acids is 1. The number of pyridine rings is 1. The van der Waals surface area contributed by atoms with Crippen molar-refractivity contribution < 1.29 is 9.53 Å². The van der Waals surface area contributed by atoms with Crippen LogP contribution in [0.15, 0.2) is 30.5 Å². The molecule has 0 saturated heterocycles. The molecule has 6 heteroatoms. The fourth-order valence-corrected chi connectivity index (χ4v) is 1.85. The van der Waals surface area contributed by atoms with Crippen molar-refractivity contribution in [2.75, 3.05) is 37.9 Å². The Kier molecular flexibility index (Phi) is 4.73. The van der Waals surface area contributed by atoms with Crippen LogP contribution in [0.2, 0.25) is 0 Å². The van der Waals surface area contributed by atoms with Crippen LogP contribution in [-0.4, -0.2) is 37.7 Å². The Morgan fingerprint density at radius 3 is 3.05 bits per heavy atom. The number of methoxy groups -OCH3 is 1. The molecule has 1 aromatic carbocycles. The van der Waals surface area contributed by atoms with Crippen LogP contribution in [0.1, 0.15) is 0 Å². The van der Waals surface area contributed by atoms with E-state index in [0.717, 1.165) is 16.6 Å².